The Balaban J connectivity index is 1.61. The van der Waals surface area contributed by atoms with Gasteiger partial charge in [0.25, 0.3) is 26.3 Å². The Bertz CT molecular complexity index is 2030. The maximum atomic E-state index is 13.0. The highest BCUT2D eigenvalue weighted by Crippen LogP contribution is 2.28. The highest BCUT2D eigenvalue weighted by molar-refractivity contribution is 8.13. The molecule has 0 radical (unpaired) electrons. The quantitative estimate of drug-likeness (QED) is 0.0596. The van der Waals surface area contributed by atoms with Crippen LogP contribution in [-0.4, -0.2) is 76.1 Å². The molecule has 0 aliphatic carbocycles. The number of carbonyl (C=O) groups is 3. The molecule has 3 aromatic carbocycles. The van der Waals surface area contributed by atoms with Crippen molar-refractivity contribution in [2.75, 3.05) is 25.6 Å². The Kier molecular flexibility index (Phi) is 14.6. The van der Waals surface area contributed by atoms with Crippen LogP contribution >= 0.6 is 10.7 Å². The van der Waals surface area contributed by atoms with E-state index in [0.29, 0.717) is 12.0 Å². The van der Waals surface area contributed by atoms with Gasteiger partial charge in [-0.3, -0.25) is 29.8 Å². The number of carbonyl (C=O) groups excluding carboxylic acids is 3. The summed E-state index contributed by atoms with van der Waals surface area (Å²) in [5.74, 6) is -3.18. The number of hydrogen-bond acceptors (Lipinski definition) is 14. The molecule has 17 nitrogen and oxygen atoms in total. The van der Waals surface area contributed by atoms with Gasteiger partial charge in [0.15, 0.2) is 16.4 Å². The van der Waals surface area contributed by atoms with E-state index in [9.17, 15) is 51.4 Å². The van der Waals surface area contributed by atoms with Crippen molar-refractivity contribution in [3.63, 3.8) is 0 Å². The topological polar surface area (TPSA) is 245 Å². The Morgan fingerprint density at radius 1 is 0.865 bits per heavy atom. The maximum absolute atomic E-state index is 13.0. The van der Waals surface area contributed by atoms with Crippen LogP contribution < -0.4 is 10.1 Å². The van der Waals surface area contributed by atoms with Gasteiger partial charge in [-0.1, -0.05) is 18.2 Å². The Morgan fingerprint density at radius 3 is 2.10 bits per heavy atom. The molecule has 0 spiro atoms. The van der Waals surface area contributed by atoms with Gasteiger partial charge in [-0.15, -0.1) is 0 Å². The highest BCUT2D eigenvalue weighted by Gasteiger charge is 2.25. The van der Waals surface area contributed by atoms with Gasteiger partial charge in [-0.05, 0) is 68.0 Å². The maximum Gasteiger partial charge on any atom is 0.328 e. The SMILES string of the molecule is Cc1cc(OCC(=O)NC(CCC(=O)OCCS(=O)(=O)c2cccc([N+](=O)[O-])c2)C(=O)OCCCc2cccc([N+](=O)[O-])c2)cc(C)c1S(=O)(=O)Cl. The van der Waals surface area contributed by atoms with Crippen LogP contribution in [0, 0.1) is 34.1 Å². The number of nitro groups is 2. The summed E-state index contributed by atoms with van der Waals surface area (Å²) in [6.45, 7) is 1.62. The molecule has 3 rings (SSSR count). The Morgan fingerprint density at radius 2 is 1.48 bits per heavy atom. The van der Waals surface area contributed by atoms with Crippen LogP contribution in [0.5, 0.6) is 5.75 Å². The van der Waals surface area contributed by atoms with E-state index < -0.39 is 83.7 Å². The van der Waals surface area contributed by atoms with Crippen LogP contribution in [0.25, 0.3) is 0 Å². The third kappa shape index (κ3) is 12.6. The average molecular weight is 784 g/mol. The molecule has 0 saturated carbocycles. The van der Waals surface area contributed by atoms with Crippen LogP contribution in [0.15, 0.2) is 70.5 Å². The number of aryl methyl sites for hydroxylation is 3. The number of rotatable bonds is 19. The molecule has 0 fully saturated rings. The van der Waals surface area contributed by atoms with Gasteiger partial charge in [0.05, 0.1) is 32.0 Å². The van der Waals surface area contributed by atoms with Gasteiger partial charge in [0, 0.05) is 41.4 Å². The molecular formula is C32H34ClN3O14S2. The smallest absolute Gasteiger partial charge is 0.328 e. The molecule has 52 heavy (non-hydrogen) atoms. The molecular weight excluding hydrogens is 750 g/mol. The van der Waals surface area contributed by atoms with Crippen LogP contribution in [-0.2, 0) is 49.2 Å². The van der Waals surface area contributed by atoms with E-state index in [0.717, 1.165) is 18.2 Å². The van der Waals surface area contributed by atoms with Gasteiger partial charge in [-0.25, -0.2) is 21.6 Å². The predicted octanol–water partition coefficient (Wildman–Crippen LogP) is 3.88. The van der Waals surface area contributed by atoms with E-state index in [1.54, 1.807) is 6.07 Å². The predicted molar refractivity (Wildman–Crippen MR) is 184 cm³/mol. The van der Waals surface area contributed by atoms with Crippen molar-refractivity contribution in [3.8, 4) is 5.75 Å². The van der Waals surface area contributed by atoms with Crippen LogP contribution in [0.3, 0.4) is 0 Å². The zero-order valence-corrected chi connectivity index (χ0v) is 30.2. The van der Waals surface area contributed by atoms with Crippen molar-refractivity contribution < 1.29 is 55.3 Å². The lowest BCUT2D eigenvalue weighted by Gasteiger charge is -2.18. The second kappa shape index (κ2) is 18.4. The van der Waals surface area contributed by atoms with Crippen molar-refractivity contribution in [2.24, 2.45) is 0 Å². The number of ether oxygens (including phenoxy) is 3. The first-order chi connectivity index (χ1) is 24.4. The Hall–Kier alpha value is -5.14. The van der Waals surface area contributed by atoms with Crippen molar-refractivity contribution in [1.29, 1.82) is 0 Å². The van der Waals surface area contributed by atoms with Crippen molar-refractivity contribution >= 4 is 58.8 Å². The summed E-state index contributed by atoms with van der Waals surface area (Å²) >= 11 is 0. The summed E-state index contributed by atoms with van der Waals surface area (Å²) in [4.78, 5) is 58.6. The minimum atomic E-state index is -4.05. The summed E-state index contributed by atoms with van der Waals surface area (Å²) in [6.07, 6.45) is -0.191. The first-order valence-corrected chi connectivity index (χ1v) is 19.3. The molecule has 0 heterocycles. The molecule has 3 aromatic rings. The summed E-state index contributed by atoms with van der Waals surface area (Å²) in [5, 5.41) is 24.4. The number of esters is 2. The van der Waals surface area contributed by atoms with E-state index in [1.165, 1.54) is 50.2 Å². The molecule has 0 bridgehead atoms. The summed E-state index contributed by atoms with van der Waals surface area (Å²) in [7, 11) is -2.61. The lowest BCUT2D eigenvalue weighted by Crippen LogP contribution is -2.44. The fourth-order valence-electron chi connectivity index (χ4n) is 4.90. The molecule has 280 valence electrons. The minimum absolute atomic E-state index is 0.0987. The largest absolute Gasteiger partial charge is 0.484 e. The first kappa shape index (κ1) is 41.3. The summed E-state index contributed by atoms with van der Waals surface area (Å²) in [5.41, 5.74) is 0.641. The minimum Gasteiger partial charge on any atom is -0.484 e. The molecule has 0 saturated heterocycles. The average Bonchev–Trinajstić information content (AvgIpc) is 3.06. The number of non-ortho nitro benzene ring substituents is 2. The van der Waals surface area contributed by atoms with Crippen LogP contribution in [0.1, 0.15) is 36.0 Å². The number of amides is 1. The monoisotopic (exact) mass is 783 g/mol. The zero-order valence-electron chi connectivity index (χ0n) is 27.8. The molecule has 1 amide bonds. The number of nitro benzene ring substituents is 2. The van der Waals surface area contributed by atoms with Crippen LogP contribution in [0.2, 0.25) is 0 Å². The number of hydrogen-bond donors (Lipinski definition) is 1. The highest BCUT2D eigenvalue weighted by atomic mass is 35.7. The molecule has 0 aromatic heterocycles. The zero-order chi connectivity index (χ0) is 38.6. The standard InChI is InChI=1S/C32H34ClN3O14S2/c1-21-16-26(17-22(2)31(21)52(33,46)47)50-20-29(37)34-28(32(39)49-13-5-7-23-6-3-8-24(18-23)35(40)41)11-12-30(38)48-14-15-51(44,45)27-10-4-9-25(19-27)36(42)43/h3-4,6,8-10,16-19,28H,5,7,11-15,20H2,1-2H3,(H,34,37). The van der Waals surface area contributed by atoms with Crippen molar-refractivity contribution in [3.05, 3.63) is 97.6 Å². The lowest BCUT2D eigenvalue weighted by molar-refractivity contribution is -0.385. The first-order valence-electron chi connectivity index (χ1n) is 15.4. The third-order valence-electron chi connectivity index (χ3n) is 7.28. The summed E-state index contributed by atoms with van der Waals surface area (Å²) in [6, 6.07) is 11.6. The van der Waals surface area contributed by atoms with E-state index >= 15 is 0 Å². The van der Waals surface area contributed by atoms with Crippen molar-refractivity contribution in [1.82, 2.24) is 5.32 Å². The van der Waals surface area contributed by atoms with Gasteiger partial charge in [0.1, 0.15) is 18.4 Å². The normalized spacial score (nSPS) is 12.0. The third-order valence-corrected chi connectivity index (χ3v) is 10.6. The molecule has 1 N–H and O–H groups in total. The summed E-state index contributed by atoms with van der Waals surface area (Å²) < 4.78 is 64.7. The van der Waals surface area contributed by atoms with E-state index in [1.807, 2.05) is 0 Å². The molecule has 20 heteroatoms. The fraction of sp³-hybridized carbons (Fsp3) is 0.344. The number of sulfone groups is 1. The van der Waals surface area contributed by atoms with E-state index in [4.69, 9.17) is 24.9 Å². The number of halogens is 1. The second-order valence-electron chi connectivity index (χ2n) is 11.3. The number of nitrogens with one attached hydrogen (secondary N) is 1. The number of benzene rings is 3. The molecule has 0 aliphatic rings. The van der Waals surface area contributed by atoms with Gasteiger partial charge in [0.2, 0.25) is 0 Å². The fourth-order valence-corrected chi connectivity index (χ4v) is 7.64. The van der Waals surface area contributed by atoms with Crippen molar-refractivity contribution in [2.45, 2.75) is 55.4 Å². The lowest BCUT2D eigenvalue weighted by atomic mass is 10.1. The van der Waals surface area contributed by atoms with Crippen LogP contribution in [0.4, 0.5) is 11.4 Å². The number of nitrogens with zero attached hydrogens (tertiary/aromatic N) is 2. The van der Waals surface area contributed by atoms with Gasteiger partial charge < -0.3 is 19.5 Å². The second-order valence-corrected chi connectivity index (χ2v) is 15.9. The van der Waals surface area contributed by atoms with Gasteiger partial charge >= 0.3 is 11.9 Å². The van der Waals surface area contributed by atoms with Gasteiger partial charge in [-0.2, -0.15) is 0 Å². The van der Waals surface area contributed by atoms with E-state index in [-0.39, 0.29) is 51.8 Å². The molecule has 0 aliphatic heterocycles. The Labute approximate surface area is 302 Å². The van der Waals surface area contributed by atoms with E-state index in [2.05, 4.69) is 5.32 Å². The molecule has 1 atom stereocenters. The molecule has 1 unspecified atom stereocenters.